The van der Waals surface area contributed by atoms with Crippen LogP contribution in [-0.2, 0) is 21.9 Å². The largest absolute Gasteiger partial charge is 0.491 e. The molecule has 1 atom stereocenters. The number of alkyl halides is 9. The lowest BCUT2D eigenvalue weighted by molar-refractivity contribution is -0.193. The number of benzene rings is 1. The molecule has 7 nitrogen and oxygen atoms in total. The van der Waals surface area contributed by atoms with Crippen molar-refractivity contribution >= 4 is 17.8 Å². The van der Waals surface area contributed by atoms with Crippen LogP contribution in [0.5, 0.6) is 0 Å². The van der Waals surface area contributed by atoms with Gasteiger partial charge in [0, 0.05) is 12.4 Å². The summed E-state index contributed by atoms with van der Waals surface area (Å²) >= 11 is 0. The molecule has 3 aromatic rings. The van der Waals surface area contributed by atoms with E-state index in [4.69, 9.17) is 0 Å². The van der Waals surface area contributed by atoms with Crippen LogP contribution in [0.2, 0.25) is 0 Å². The number of halogens is 9. The fourth-order valence-electron chi connectivity index (χ4n) is 3.12. The Morgan fingerprint density at radius 1 is 0.795 bits per heavy atom. The maximum Gasteiger partial charge on any atom is 0.491 e. The van der Waals surface area contributed by atoms with Crippen molar-refractivity contribution in [3.8, 4) is 0 Å². The van der Waals surface area contributed by atoms with Gasteiger partial charge in [-0.25, -0.2) is 14.6 Å². The summed E-state index contributed by atoms with van der Waals surface area (Å²) in [6.07, 6.45) is -13.6. The van der Waals surface area contributed by atoms with Crippen molar-refractivity contribution in [3.05, 3.63) is 94.6 Å². The molecule has 0 fully saturated rings. The number of amides is 1. The summed E-state index contributed by atoms with van der Waals surface area (Å²) in [5.41, 5.74) is -4.59. The Morgan fingerprint density at radius 3 is 1.95 bits per heavy atom. The predicted molar refractivity (Wildman–Crippen MR) is 111 cm³/mol. The summed E-state index contributed by atoms with van der Waals surface area (Å²) in [5, 5.41) is 2.20. The predicted octanol–water partition coefficient (Wildman–Crippen LogP) is 5.28. The lowest BCUT2D eigenvalue weighted by Crippen LogP contribution is -2.32. The van der Waals surface area contributed by atoms with E-state index in [0.29, 0.717) is 30.5 Å². The van der Waals surface area contributed by atoms with Crippen LogP contribution in [0.25, 0.3) is 0 Å². The highest BCUT2D eigenvalue weighted by atomic mass is 19.4. The molecular formula is C23H12F9N3O4. The molecule has 39 heavy (non-hydrogen) atoms. The normalized spacial score (nSPS) is 12.9. The third-order valence-electron chi connectivity index (χ3n) is 4.92. The molecule has 1 unspecified atom stereocenters. The number of carbonyl (C=O) groups is 3. The monoisotopic (exact) mass is 565 g/mol. The summed E-state index contributed by atoms with van der Waals surface area (Å²) < 4.78 is 120. The van der Waals surface area contributed by atoms with Gasteiger partial charge in [-0.1, -0.05) is 12.1 Å². The van der Waals surface area contributed by atoms with E-state index in [1.807, 2.05) is 0 Å². The molecule has 0 spiro atoms. The molecule has 0 radical (unpaired) electrons. The van der Waals surface area contributed by atoms with E-state index in [9.17, 15) is 53.9 Å². The van der Waals surface area contributed by atoms with Crippen LogP contribution in [-0.4, -0.2) is 34.0 Å². The lowest BCUT2D eigenvalue weighted by Gasteiger charge is -2.23. The van der Waals surface area contributed by atoms with Crippen molar-refractivity contribution in [3.63, 3.8) is 0 Å². The van der Waals surface area contributed by atoms with E-state index in [-0.39, 0.29) is 5.56 Å². The minimum absolute atomic E-state index is 0.209. The SMILES string of the molecule is O=C(NC(c1ccc(C(F)(F)F)cc1)c1ncccc1C(F)(F)F)c1ccc(C(=O)OC(=O)C(F)(F)F)nc1. The molecule has 3 rings (SSSR count). The summed E-state index contributed by atoms with van der Waals surface area (Å²) in [6.45, 7) is 0. The minimum Gasteiger partial charge on any atom is -0.381 e. The fourth-order valence-corrected chi connectivity index (χ4v) is 3.12. The number of esters is 2. The van der Waals surface area contributed by atoms with E-state index in [0.717, 1.165) is 30.5 Å². The van der Waals surface area contributed by atoms with E-state index in [2.05, 4.69) is 20.0 Å². The molecule has 0 saturated heterocycles. The van der Waals surface area contributed by atoms with Crippen LogP contribution in [0, 0.1) is 0 Å². The van der Waals surface area contributed by atoms with E-state index < -0.39 is 70.5 Å². The van der Waals surface area contributed by atoms with Crippen molar-refractivity contribution < 1.29 is 58.6 Å². The second kappa shape index (κ2) is 10.7. The van der Waals surface area contributed by atoms with E-state index >= 15 is 0 Å². The Morgan fingerprint density at radius 2 is 1.44 bits per heavy atom. The average Bonchev–Trinajstić information content (AvgIpc) is 2.85. The van der Waals surface area contributed by atoms with Gasteiger partial charge in [0.05, 0.1) is 28.4 Å². The molecule has 16 heteroatoms. The van der Waals surface area contributed by atoms with Crippen molar-refractivity contribution in [1.82, 2.24) is 15.3 Å². The number of pyridine rings is 2. The van der Waals surface area contributed by atoms with Gasteiger partial charge < -0.3 is 10.1 Å². The fraction of sp³-hybridized carbons (Fsp3) is 0.174. The van der Waals surface area contributed by atoms with E-state index in [1.165, 1.54) is 0 Å². The zero-order chi connectivity index (χ0) is 29.2. The Balaban J connectivity index is 1.94. The van der Waals surface area contributed by atoms with Crippen molar-refractivity contribution in [2.24, 2.45) is 0 Å². The highest BCUT2D eigenvalue weighted by Crippen LogP contribution is 2.36. The number of rotatable bonds is 5. The van der Waals surface area contributed by atoms with Gasteiger partial charge in [-0.15, -0.1) is 0 Å². The summed E-state index contributed by atoms with van der Waals surface area (Å²) in [4.78, 5) is 42.3. The van der Waals surface area contributed by atoms with Crippen LogP contribution in [0.3, 0.4) is 0 Å². The molecule has 0 aliphatic rings. The number of nitrogens with zero attached hydrogens (tertiary/aromatic N) is 2. The first-order valence-electron chi connectivity index (χ1n) is 10.3. The second-order valence-corrected chi connectivity index (χ2v) is 7.57. The molecule has 206 valence electrons. The molecule has 1 amide bonds. The van der Waals surface area contributed by atoms with E-state index in [1.54, 1.807) is 0 Å². The Kier molecular flexibility index (Phi) is 7.98. The number of hydrogen-bond acceptors (Lipinski definition) is 6. The Hall–Kier alpha value is -4.50. The Bertz CT molecular complexity index is 1370. The third kappa shape index (κ3) is 7.08. The van der Waals surface area contributed by atoms with Gasteiger partial charge >= 0.3 is 30.5 Å². The maximum atomic E-state index is 13.6. The van der Waals surface area contributed by atoms with Crippen molar-refractivity contribution in [2.45, 2.75) is 24.6 Å². The van der Waals surface area contributed by atoms with Crippen LogP contribution < -0.4 is 5.32 Å². The van der Waals surface area contributed by atoms with Crippen molar-refractivity contribution in [1.29, 1.82) is 0 Å². The first-order chi connectivity index (χ1) is 18.0. The highest BCUT2D eigenvalue weighted by Gasteiger charge is 2.43. The molecule has 1 aromatic carbocycles. The molecule has 0 aliphatic carbocycles. The van der Waals surface area contributed by atoms with Crippen LogP contribution >= 0.6 is 0 Å². The number of nitrogens with one attached hydrogen (secondary N) is 1. The Labute approximate surface area is 211 Å². The van der Waals surface area contributed by atoms with Gasteiger partial charge in [-0.2, -0.15) is 39.5 Å². The maximum absolute atomic E-state index is 13.6. The van der Waals surface area contributed by atoms with Crippen LogP contribution in [0.4, 0.5) is 39.5 Å². The molecule has 2 heterocycles. The minimum atomic E-state index is -5.47. The second-order valence-electron chi connectivity index (χ2n) is 7.57. The number of ether oxygens (including phenoxy) is 1. The van der Waals surface area contributed by atoms with Crippen LogP contribution in [0.15, 0.2) is 60.9 Å². The number of hydrogen-bond donors (Lipinski definition) is 1. The molecule has 0 saturated carbocycles. The molecule has 0 aliphatic heterocycles. The molecule has 0 bridgehead atoms. The third-order valence-corrected chi connectivity index (χ3v) is 4.92. The van der Waals surface area contributed by atoms with Gasteiger partial charge in [-0.05, 0) is 42.0 Å². The summed E-state index contributed by atoms with van der Waals surface area (Å²) in [5.74, 6) is -5.75. The molecule has 1 N–H and O–H groups in total. The number of aromatic nitrogens is 2. The molecular weight excluding hydrogens is 553 g/mol. The first kappa shape index (κ1) is 29.1. The van der Waals surface area contributed by atoms with Gasteiger partial charge in [-0.3, -0.25) is 9.78 Å². The quantitative estimate of drug-likeness (QED) is 0.257. The van der Waals surface area contributed by atoms with Gasteiger partial charge in [0.15, 0.2) is 0 Å². The first-order valence-corrected chi connectivity index (χ1v) is 10.3. The zero-order valence-corrected chi connectivity index (χ0v) is 18.8. The smallest absolute Gasteiger partial charge is 0.381 e. The average molecular weight is 565 g/mol. The highest BCUT2D eigenvalue weighted by molar-refractivity contribution is 5.98. The molecule has 2 aromatic heterocycles. The lowest BCUT2D eigenvalue weighted by atomic mass is 9.97. The van der Waals surface area contributed by atoms with Crippen LogP contribution in [0.1, 0.15) is 49.3 Å². The summed E-state index contributed by atoms with van der Waals surface area (Å²) in [7, 11) is 0. The van der Waals surface area contributed by atoms with Gasteiger partial charge in [0.1, 0.15) is 5.69 Å². The summed E-state index contributed by atoms with van der Waals surface area (Å²) in [6, 6.07) is 4.30. The van der Waals surface area contributed by atoms with Gasteiger partial charge in [0.2, 0.25) is 0 Å². The van der Waals surface area contributed by atoms with Gasteiger partial charge in [0.25, 0.3) is 5.91 Å². The topological polar surface area (TPSA) is 98.3 Å². The van der Waals surface area contributed by atoms with Crippen molar-refractivity contribution in [2.75, 3.05) is 0 Å². The zero-order valence-electron chi connectivity index (χ0n) is 18.8. The number of carbonyl (C=O) groups excluding carboxylic acids is 3. The standard InChI is InChI=1S/C23H12F9N3O4/c24-21(25,26)13-6-3-11(4-7-13)16(17-14(22(27,28)29)2-1-9-33-17)35-18(36)12-5-8-15(34-10-12)19(37)39-20(38)23(30,31)32/h1-10,16H,(H,35,36).